The van der Waals surface area contributed by atoms with E-state index in [1.54, 1.807) is 11.7 Å². The van der Waals surface area contributed by atoms with Gasteiger partial charge in [0.25, 0.3) is 0 Å². The lowest BCUT2D eigenvalue weighted by Gasteiger charge is -2.21. The number of aryl methyl sites for hydroxylation is 1. The average molecular weight is 447 g/mol. The average Bonchev–Trinajstić information content (AvgIpc) is 3.13. The van der Waals surface area contributed by atoms with Crippen molar-refractivity contribution in [3.63, 3.8) is 0 Å². The van der Waals surface area contributed by atoms with Crippen LogP contribution in [0.1, 0.15) is 37.0 Å². The van der Waals surface area contributed by atoms with Gasteiger partial charge in [-0.2, -0.15) is 10.1 Å². The van der Waals surface area contributed by atoms with Gasteiger partial charge < -0.3 is 14.7 Å². The smallest absolute Gasteiger partial charge is 0.228 e. The molecule has 1 N–H and O–H groups in total. The van der Waals surface area contributed by atoms with E-state index < -0.39 is 0 Å². The molecule has 0 saturated heterocycles. The molecule has 8 nitrogen and oxygen atoms in total. The number of halogens is 1. The predicted octanol–water partition coefficient (Wildman–Crippen LogP) is 1.79. The maximum absolute atomic E-state index is 5.23. The number of guanidine groups is 1. The molecule has 24 heavy (non-hydrogen) atoms. The van der Waals surface area contributed by atoms with Crippen molar-refractivity contribution in [3.05, 3.63) is 29.7 Å². The summed E-state index contributed by atoms with van der Waals surface area (Å²) in [6.07, 6.45) is 4.52. The van der Waals surface area contributed by atoms with Crippen LogP contribution in [-0.2, 0) is 20.0 Å². The number of aliphatic imine (C=N–C) groups is 1. The molecule has 0 aliphatic rings. The highest BCUT2D eigenvalue weighted by atomic mass is 127. The Morgan fingerprint density at radius 3 is 2.75 bits per heavy atom. The van der Waals surface area contributed by atoms with E-state index >= 15 is 0 Å². The van der Waals surface area contributed by atoms with E-state index in [9.17, 15) is 0 Å². The zero-order valence-electron chi connectivity index (χ0n) is 14.9. The summed E-state index contributed by atoms with van der Waals surface area (Å²) in [5, 5.41) is 11.4. The van der Waals surface area contributed by atoms with Crippen LogP contribution in [0.15, 0.2) is 21.9 Å². The van der Waals surface area contributed by atoms with Gasteiger partial charge in [-0.15, -0.1) is 24.0 Å². The first-order chi connectivity index (χ1) is 11.0. The Morgan fingerprint density at radius 2 is 2.21 bits per heavy atom. The van der Waals surface area contributed by atoms with Gasteiger partial charge in [0.1, 0.15) is 0 Å². The second-order valence-corrected chi connectivity index (χ2v) is 5.80. The Morgan fingerprint density at radius 1 is 1.46 bits per heavy atom. The van der Waals surface area contributed by atoms with Crippen LogP contribution >= 0.6 is 24.0 Å². The van der Waals surface area contributed by atoms with Crippen LogP contribution in [0.4, 0.5) is 0 Å². The van der Waals surface area contributed by atoms with E-state index in [4.69, 9.17) is 4.52 Å². The lowest BCUT2D eigenvalue weighted by molar-refractivity contribution is 0.370. The van der Waals surface area contributed by atoms with E-state index in [2.05, 4.69) is 25.5 Å². The van der Waals surface area contributed by atoms with Crippen molar-refractivity contribution in [1.82, 2.24) is 30.1 Å². The molecule has 0 aliphatic heterocycles. The first-order valence-corrected chi connectivity index (χ1v) is 7.71. The van der Waals surface area contributed by atoms with Crippen molar-refractivity contribution >= 4 is 29.9 Å². The SMILES string of the molecule is CN=C(NCCc1nc(C(C)C)no1)N(C)Cc1cnn(C)c1.I. The summed E-state index contributed by atoms with van der Waals surface area (Å²) in [4.78, 5) is 10.7. The number of nitrogens with one attached hydrogen (secondary N) is 1. The van der Waals surface area contributed by atoms with Gasteiger partial charge in [0.15, 0.2) is 11.8 Å². The number of rotatable bonds is 6. The summed E-state index contributed by atoms with van der Waals surface area (Å²) < 4.78 is 7.03. The Balaban J connectivity index is 0.00000288. The van der Waals surface area contributed by atoms with E-state index in [1.165, 1.54) is 0 Å². The number of nitrogens with zero attached hydrogens (tertiary/aromatic N) is 6. The highest BCUT2D eigenvalue weighted by Crippen LogP contribution is 2.09. The summed E-state index contributed by atoms with van der Waals surface area (Å²) in [5.41, 5.74) is 1.14. The first-order valence-electron chi connectivity index (χ1n) is 7.71. The van der Waals surface area contributed by atoms with Crippen molar-refractivity contribution in [2.45, 2.75) is 32.7 Å². The van der Waals surface area contributed by atoms with Crippen molar-refractivity contribution in [2.24, 2.45) is 12.0 Å². The summed E-state index contributed by atoms with van der Waals surface area (Å²) in [7, 11) is 5.67. The van der Waals surface area contributed by atoms with Crippen LogP contribution in [0.5, 0.6) is 0 Å². The minimum atomic E-state index is 0. The van der Waals surface area contributed by atoms with Crippen LogP contribution in [0.2, 0.25) is 0 Å². The Labute approximate surface area is 159 Å². The molecule has 2 rings (SSSR count). The van der Waals surface area contributed by atoms with Crippen molar-refractivity contribution in [3.8, 4) is 0 Å². The largest absolute Gasteiger partial charge is 0.356 e. The standard InChI is InChI=1S/C15H25N7O.HI/c1-11(2)14-19-13(23-20-14)6-7-17-15(16-3)21(4)9-12-8-18-22(5)10-12;/h8,10-11H,6-7,9H2,1-5H3,(H,16,17);1H. The van der Waals surface area contributed by atoms with Crippen molar-refractivity contribution in [2.75, 3.05) is 20.6 Å². The van der Waals surface area contributed by atoms with Crippen LogP contribution < -0.4 is 5.32 Å². The number of aromatic nitrogens is 4. The molecule has 0 saturated carbocycles. The lowest BCUT2D eigenvalue weighted by Crippen LogP contribution is -2.39. The lowest BCUT2D eigenvalue weighted by atomic mass is 10.2. The summed E-state index contributed by atoms with van der Waals surface area (Å²) in [6.45, 7) is 5.51. The van der Waals surface area contributed by atoms with E-state index in [1.807, 2.05) is 45.2 Å². The van der Waals surface area contributed by atoms with Gasteiger partial charge in [-0.3, -0.25) is 9.67 Å². The fourth-order valence-electron chi connectivity index (χ4n) is 2.17. The molecular formula is C15H26IN7O. The molecule has 9 heteroatoms. The van der Waals surface area contributed by atoms with Gasteiger partial charge in [-0.05, 0) is 0 Å². The summed E-state index contributed by atoms with van der Waals surface area (Å²) in [6, 6.07) is 0. The maximum atomic E-state index is 5.23. The van der Waals surface area contributed by atoms with E-state index in [0.29, 0.717) is 18.9 Å². The first kappa shape index (κ1) is 20.4. The van der Waals surface area contributed by atoms with Crippen LogP contribution in [0.3, 0.4) is 0 Å². The molecule has 2 aromatic heterocycles. The highest BCUT2D eigenvalue weighted by Gasteiger charge is 2.11. The van der Waals surface area contributed by atoms with Gasteiger partial charge in [-0.25, -0.2) is 0 Å². The van der Waals surface area contributed by atoms with Crippen molar-refractivity contribution in [1.29, 1.82) is 0 Å². The third kappa shape index (κ3) is 5.77. The Kier molecular flexibility index (Phi) is 8.16. The molecule has 0 radical (unpaired) electrons. The fraction of sp³-hybridized carbons (Fsp3) is 0.600. The Bertz CT molecular complexity index is 650. The molecular weight excluding hydrogens is 421 g/mol. The summed E-state index contributed by atoms with van der Waals surface area (Å²) in [5.74, 6) is 2.49. The number of hydrogen-bond acceptors (Lipinski definition) is 5. The maximum Gasteiger partial charge on any atom is 0.228 e. The Hall–Kier alpha value is -1.65. The van der Waals surface area contributed by atoms with Crippen LogP contribution in [0.25, 0.3) is 0 Å². The monoisotopic (exact) mass is 447 g/mol. The third-order valence-electron chi connectivity index (χ3n) is 3.37. The molecule has 0 spiro atoms. The van der Waals surface area contributed by atoms with Gasteiger partial charge >= 0.3 is 0 Å². The molecule has 2 aromatic rings. The second kappa shape index (κ2) is 9.60. The molecule has 0 atom stereocenters. The van der Waals surface area contributed by atoms with Crippen LogP contribution in [0, 0.1) is 0 Å². The molecule has 134 valence electrons. The second-order valence-electron chi connectivity index (χ2n) is 5.80. The third-order valence-corrected chi connectivity index (χ3v) is 3.37. The molecule has 0 amide bonds. The molecule has 2 heterocycles. The normalized spacial score (nSPS) is 11.5. The zero-order valence-corrected chi connectivity index (χ0v) is 17.2. The van der Waals surface area contributed by atoms with Gasteiger partial charge in [0, 0.05) is 58.3 Å². The van der Waals surface area contributed by atoms with Gasteiger partial charge in [-0.1, -0.05) is 19.0 Å². The number of hydrogen-bond donors (Lipinski definition) is 1. The van der Waals surface area contributed by atoms with Gasteiger partial charge in [0.05, 0.1) is 6.20 Å². The molecule has 0 aromatic carbocycles. The van der Waals surface area contributed by atoms with Gasteiger partial charge in [0.2, 0.25) is 5.89 Å². The topological polar surface area (TPSA) is 84.4 Å². The summed E-state index contributed by atoms with van der Waals surface area (Å²) >= 11 is 0. The molecule has 0 bridgehead atoms. The minimum absolute atomic E-state index is 0. The molecule has 0 fully saturated rings. The quantitative estimate of drug-likeness (QED) is 0.413. The molecule has 0 unspecified atom stereocenters. The highest BCUT2D eigenvalue weighted by molar-refractivity contribution is 14.0. The predicted molar refractivity (Wildman–Crippen MR) is 104 cm³/mol. The molecule has 0 aliphatic carbocycles. The minimum Gasteiger partial charge on any atom is -0.356 e. The van der Waals surface area contributed by atoms with E-state index in [-0.39, 0.29) is 29.9 Å². The zero-order chi connectivity index (χ0) is 16.8. The fourth-order valence-corrected chi connectivity index (χ4v) is 2.17. The van der Waals surface area contributed by atoms with E-state index in [0.717, 1.165) is 23.9 Å². The van der Waals surface area contributed by atoms with Crippen LogP contribution in [-0.4, -0.2) is 51.4 Å². The van der Waals surface area contributed by atoms with Crippen molar-refractivity contribution < 1.29 is 4.52 Å².